The van der Waals surface area contributed by atoms with E-state index >= 15 is 0 Å². The van der Waals surface area contributed by atoms with Crippen molar-refractivity contribution < 1.29 is 4.42 Å². The van der Waals surface area contributed by atoms with E-state index in [0.29, 0.717) is 17.5 Å². The van der Waals surface area contributed by atoms with Gasteiger partial charge in [0.05, 0.1) is 5.56 Å². The Balaban J connectivity index is 1.11. The fourth-order valence-electron chi connectivity index (χ4n) is 7.90. The van der Waals surface area contributed by atoms with Crippen LogP contribution in [-0.4, -0.2) is 15.0 Å². The van der Waals surface area contributed by atoms with Gasteiger partial charge in [-0.05, 0) is 34.4 Å². The second-order valence-corrected chi connectivity index (χ2v) is 15.0. The zero-order valence-electron chi connectivity index (χ0n) is 30.1. The Hall–Kier alpha value is -7.21. The number of aromatic nitrogens is 3. The largest absolute Gasteiger partial charge is 0.455 e. The molecule has 11 aromatic rings. The van der Waals surface area contributed by atoms with Crippen molar-refractivity contribution in [2.75, 3.05) is 0 Å². The summed E-state index contributed by atoms with van der Waals surface area (Å²) in [6, 6.07) is 65.5. The first-order chi connectivity index (χ1) is 27.8. The predicted octanol–water partition coefficient (Wildman–Crippen LogP) is 14.1. The number of fused-ring (bicyclic) bond motifs is 6. The molecule has 4 nitrogen and oxygen atoms in total. The van der Waals surface area contributed by atoms with E-state index in [-0.39, 0.29) is 0 Å². The topological polar surface area (TPSA) is 51.8 Å². The molecule has 3 heterocycles. The minimum Gasteiger partial charge on any atom is -0.455 e. The molecule has 0 aliphatic carbocycles. The molecule has 0 saturated heterocycles. The summed E-state index contributed by atoms with van der Waals surface area (Å²) in [7, 11) is 0. The van der Waals surface area contributed by atoms with Crippen LogP contribution in [0.3, 0.4) is 0 Å². The summed E-state index contributed by atoms with van der Waals surface area (Å²) in [4.78, 5) is 15.2. The number of hydrogen-bond donors (Lipinski definition) is 0. The quantitative estimate of drug-likeness (QED) is 0.171. The van der Waals surface area contributed by atoms with Crippen LogP contribution in [0.2, 0.25) is 0 Å². The number of rotatable bonds is 6. The van der Waals surface area contributed by atoms with E-state index in [4.69, 9.17) is 19.4 Å². The van der Waals surface area contributed by atoms with Crippen LogP contribution in [0, 0.1) is 0 Å². The Labute approximate surface area is 327 Å². The zero-order chi connectivity index (χ0) is 37.0. The summed E-state index contributed by atoms with van der Waals surface area (Å²) in [6.45, 7) is 0. The van der Waals surface area contributed by atoms with Crippen LogP contribution in [0.25, 0.3) is 110 Å². The van der Waals surface area contributed by atoms with Crippen LogP contribution in [0.15, 0.2) is 192 Å². The average Bonchev–Trinajstić information content (AvgIpc) is 3.86. The predicted molar refractivity (Wildman–Crippen MR) is 233 cm³/mol. The van der Waals surface area contributed by atoms with Crippen LogP contribution in [0.4, 0.5) is 0 Å². The molecule has 11 rings (SSSR count). The molecule has 0 unspecified atom stereocenters. The van der Waals surface area contributed by atoms with Crippen molar-refractivity contribution in [3.8, 4) is 67.5 Å². The van der Waals surface area contributed by atoms with Crippen molar-refractivity contribution in [3.05, 3.63) is 188 Å². The smallest absolute Gasteiger partial charge is 0.167 e. The molecule has 0 bridgehead atoms. The highest BCUT2D eigenvalue weighted by atomic mass is 32.1. The van der Waals surface area contributed by atoms with E-state index in [1.165, 1.54) is 31.3 Å². The number of hydrogen-bond acceptors (Lipinski definition) is 5. The molecule has 0 atom stereocenters. The molecule has 0 spiro atoms. The summed E-state index contributed by atoms with van der Waals surface area (Å²) in [5.74, 6) is 1.77. The van der Waals surface area contributed by atoms with Crippen LogP contribution in [0.1, 0.15) is 0 Å². The standard InChI is InChI=1S/C51H31N3OS/c1-4-14-32(15-5-1)33-26-28-36(29-27-33)50-52-49(35-18-8-3-9-19-35)53-51(54-50)43-24-13-23-41-40-22-12-21-39(46(40)55-47(41)43)38-30-31-42-37-20-10-11-25-44(37)56-48(42)45(38)34-16-6-2-7-17-34/h1-31H. The number of thiophene rings is 1. The molecule has 0 aliphatic rings. The van der Waals surface area contributed by atoms with E-state index in [1.807, 2.05) is 47.7 Å². The van der Waals surface area contributed by atoms with Gasteiger partial charge in [0.15, 0.2) is 17.5 Å². The van der Waals surface area contributed by atoms with E-state index < -0.39 is 0 Å². The lowest BCUT2D eigenvalue weighted by Crippen LogP contribution is -2.00. The summed E-state index contributed by atoms with van der Waals surface area (Å²) in [6.07, 6.45) is 0. The number of para-hydroxylation sites is 2. The van der Waals surface area contributed by atoms with Crippen LogP contribution in [-0.2, 0) is 0 Å². The van der Waals surface area contributed by atoms with Gasteiger partial charge in [-0.1, -0.05) is 176 Å². The normalized spacial score (nSPS) is 11.6. The van der Waals surface area contributed by atoms with Crippen molar-refractivity contribution in [2.45, 2.75) is 0 Å². The highest BCUT2D eigenvalue weighted by Gasteiger charge is 2.22. The van der Waals surface area contributed by atoms with Gasteiger partial charge in [-0.2, -0.15) is 0 Å². The lowest BCUT2D eigenvalue weighted by molar-refractivity contribution is 0.670. The van der Waals surface area contributed by atoms with E-state index in [2.05, 4.69) is 152 Å². The molecule has 262 valence electrons. The van der Waals surface area contributed by atoms with Gasteiger partial charge in [-0.3, -0.25) is 0 Å². The maximum Gasteiger partial charge on any atom is 0.167 e. The summed E-state index contributed by atoms with van der Waals surface area (Å²) in [5, 5.41) is 4.60. The third-order valence-electron chi connectivity index (χ3n) is 10.6. The summed E-state index contributed by atoms with van der Waals surface area (Å²) in [5.41, 5.74) is 11.1. The average molecular weight is 734 g/mol. The molecule has 0 saturated carbocycles. The molecule has 3 aromatic heterocycles. The molecule has 0 amide bonds. The number of benzene rings is 8. The fraction of sp³-hybridized carbons (Fsp3) is 0. The summed E-state index contributed by atoms with van der Waals surface area (Å²) < 4.78 is 9.59. The van der Waals surface area contributed by atoms with Gasteiger partial charge in [-0.25, -0.2) is 15.0 Å². The van der Waals surface area contributed by atoms with E-state index in [0.717, 1.165) is 60.9 Å². The Morgan fingerprint density at radius 2 is 0.821 bits per heavy atom. The molecule has 56 heavy (non-hydrogen) atoms. The molecule has 0 fully saturated rings. The minimum absolute atomic E-state index is 0.559. The van der Waals surface area contributed by atoms with Gasteiger partial charge >= 0.3 is 0 Å². The second kappa shape index (κ2) is 13.3. The third-order valence-corrected chi connectivity index (χ3v) is 11.8. The van der Waals surface area contributed by atoms with Gasteiger partial charge < -0.3 is 4.42 Å². The van der Waals surface area contributed by atoms with Gasteiger partial charge in [-0.15, -0.1) is 11.3 Å². The van der Waals surface area contributed by atoms with Crippen LogP contribution in [0.5, 0.6) is 0 Å². The molecule has 0 radical (unpaired) electrons. The van der Waals surface area contributed by atoms with Crippen LogP contribution >= 0.6 is 11.3 Å². The third kappa shape index (κ3) is 5.40. The number of nitrogens with zero attached hydrogens (tertiary/aromatic N) is 3. The zero-order valence-corrected chi connectivity index (χ0v) is 30.9. The van der Waals surface area contributed by atoms with Crippen molar-refractivity contribution in [1.82, 2.24) is 15.0 Å². The lowest BCUT2D eigenvalue weighted by Gasteiger charge is -2.12. The summed E-state index contributed by atoms with van der Waals surface area (Å²) >= 11 is 1.85. The first kappa shape index (κ1) is 32.2. The van der Waals surface area contributed by atoms with Crippen molar-refractivity contribution >= 4 is 53.4 Å². The van der Waals surface area contributed by atoms with Gasteiger partial charge in [0.2, 0.25) is 0 Å². The minimum atomic E-state index is 0.559. The molecular weight excluding hydrogens is 703 g/mol. The van der Waals surface area contributed by atoms with Crippen molar-refractivity contribution in [3.63, 3.8) is 0 Å². The molecular formula is C51H31N3OS. The van der Waals surface area contributed by atoms with Crippen LogP contribution < -0.4 is 0 Å². The molecule has 0 aliphatic heterocycles. The maximum atomic E-state index is 7.04. The highest BCUT2D eigenvalue weighted by Crippen LogP contribution is 2.47. The van der Waals surface area contributed by atoms with Gasteiger partial charge in [0, 0.05) is 53.2 Å². The van der Waals surface area contributed by atoms with E-state index in [1.54, 1.807) is 0 Å². The molecule has 8 aromatic carbocycles. The Morgan fingerprint density at radius 1 is 0.321 bits per heavy atom. The Morgan fingerprint density at radius 3 is 1.52 bits per heavy atom. The van der Waals surface area contributed by atoms with E-state index in [9.17, 15) is 0 Å². The lowest BCUT2D eigenvalue weighted by atomic mass is 9.92. The van der Waals surface area contributed by atoms with Gasteiger partial charge in [0.1, 0.15) is 11.2 Å². The van der Waals surface area contributed by atoms with Gasteiger partial charge in [0.25, 0.3) is 0 Å². The second-order valence-electron chi connectivity index (χ2n) is 13.9. The Bertz CT molecular complexity index is 3230. The first-order valence-electron chi connectivity index (χ1n) is 18.7. The highest BCUT2D eigenvalue weighted by molar-refractivity contribution is 7.26. The maximum absolute atomic E-state index is 7.04. The Kier molecular flexibility index (Phi) is 7.64. The SMILES string of the molecule is c1ccc(-c2ccc(-c3nc(-c4ccccc4)nc(-c4cccc5c4oc4c(-c6ccc7c(sc8ccccc87)c6-c6ccccc6)cccc45)n3)cc2)cc1. The first-order valence-corrected chi connectivity index (χ1v) is 19.5. The fourth-order valence-corrected chi connectivity index (χ4v) is 9.17. The number of furan rings is 1. The molecule has 5 heteroatoms. The molecule has 0 N–H and O–H groups in total. The van der Waals surface area contributed by atoms with Crippen molar-refractivity contribution in [2.24, 2.45) is 0 Å². The van der Waals surface area contributed by atoms with Crippen molar-refractivity contribution in [1.29, 1.82) is 0 Å². The monoisotopic (exact) mass is 733 g/mol.